The number of para-hydroxylation sites is 1. The fraction of sp³-hybridized carbons (Fsp3) is 0.0625. The van der Waals surface area contributed by atoms with Crippen LogP contribution in [0.15, 0.2) is 174 Å². The molecule has 8 aromatic carbocycles. The molecule has 0 N–H and O–H groups in total. The van der Waals surface area contributed by atoms with Crippen molar-refractivity contribution in [3.63, 3.8) is 0 Å². The van der Waals surface area contributed by atoms with Crippen molar-refractivity contribution in [2.75, 3.05) is 4.90 Å². The number of benzene rings is 8. The summed E-state index contributed by atoms with van der Waals surface area (Å²) in [6.07, 6.45) is 0. The average Bonchev–Trinajstić information content (AvgIpc) is 3.73. The van der Waals surface area contributed by atoms with Crippen LogP contribution in [0.2, 0.25) is 0 Å². The summed E-state index contributed by atoms with van der Waals surface area (Å²) in [6, 6.07) is 60.7. The first-order valence-electron chi connectivity index (χ1n) is 17.5. The number of aromatic nitrogens is 1. The maximum atomic E-state index is 6.65. The number of hydrogen-bond donors (Lipinski definition) is 0. The van der Waals surface area contributed by atoms with Gasteiger partial charge in [0.2, 0.25) is 5.89 Å². The van der Waals surface area contributed by atoms with Crippen LogP contribution in [0.3, 0.4) is 0 Å². The van der Waals surface area contributed by atoms with Crippen molar-refractivity contribution in [2.45, 2.75) is 19.3 Å². The van der Waals surface area contributed by atoms with Gasteiger partial charge < -0.3 is 9.32 Å². The normalized spacial score (nSPS) is 13.1. The Morgan fingerprint density at radius 2 is 1.20 bits per heavy atom. The van der Waals surface area contributed by atoms with Gasteiger partial charge in [0, 0.05) is 33.3 Å². The van der Waals surface area contributed by atoms with E-state index in [4.69, 9.17) is 9.40 Å². The van der Waals surface area contributed by atoms with Gasteiger partial charge in [-0.05, 0) is 92.5 Å². The number of fused-ring (bicyclic) bond motifs is 8. The molecule has 0 amide bonds. The first kappa shape index (κ1) is 29.5. The number of oxazole rings is 1. The highest BCUT2D eigenvalue weighted by molar-refractivity contribution is 6.15. The SMILES string of the molecule is CC1(C)c2ccccc2-c2ccc(N(c3cccc(-c4nc5ccc6c7ccccc7ccc6c5o4)c3)c3ccccc3-c3ccccc3)cc21. The van der Waals surface area contributed by atoms with Crippen molar-refractivity contribution in [2.24, 2.45) is 0 Å². The smallest absolute Gasteiger partial charge is 0.227 e. The van der Waals surface area contributed by atoms with Gasteiger partial charge >= 0.3 is 0 Å². The lowest BCUT2D eigenvalue weighted by atomic mass is 9.82. The Hall–Kier alpha value is -6.45. The monoisotopic (exact) mass is 654 g/mol. The number of anilines is 3. The van der Waals surface area contributed by atoms with Gasteiger partial charge in [0.25, 0.3) is 0 Å². The zero-order chi connectivity index (χ0) is 34.1. The molecular weight excluding hydrogens is 621 g/mol. The molecule has 10 rings (SSSR count). The molecule has 0 unspecified atom stereocenters. The molecule has 3 heteroatoms. The van der Waals surface area contributed by atoms with E-state index in [1.165, 1.54) is 44.0 Å². The van der Waals surface area contributed by atoms with Crippen LogP contribution in [0, 0.1) is 0 Å². The van der Waals surface area contributed by atoms with Crippen LogP contribution in [0.4, 0.5) is 17.1 Å². The summed E-state index contributed by atoms with van der Waals surface area (Å²) in [5.74, 6) is 0.606. The van der Waals surface area contributed by atoms with Gasteiger partial charge in [0.15, 0.2) is 5.58 Å². The van der Waals surface area contributed by atoms with Crippen LogP contribution >= 0.6 is 0 Å². The van der Waals surface area contributed by atoms with Gasteiger partial charge in [0.05, 0.1) is 5.69 Å². The van der Waals surface area contributed by atoms with Crippen LogP contribution in [0.1, 0.15) is 25.0 Å². The topological polar surface area (TPSA) is 29.3 Å². The molecule has 1 aliphatic rings. The molecule has 3 nitrogen and oxygen atoms in total. The fourth-order valence-electron chi connectivity index (χ4n) is 8.16. The van der Waals surface area contributed by atoms with Gasteiger partial charge in [-0.15, -0.1) is 0 Å². The molecule has 1 heterocycles. The Morgan fingerprint density at radius 1 is 0.490 bits per heavy atom. The predicted octanol–water partition coefficient (Wildman–Crippen LogP) is 13.2. The Labute approximate surface area is 297 Å². The van der Waals surface area contributed by atoms with Gasteiger partial charge in [-0.25, -0.2) is 4.98 Å². The lowest BCUT2D eigenvalue weighted by molar-refractivity contribution is 0.623. The van der Waals surface area contributed by atoms with E-state index in [0.29, 0.717) is 5.89 Å². The van der Waals surface area contributed by atoms with E-state index in [1.54, 1.807) is 0 Å². The quantitative estimate of drug-likeness (QED) is 0.173. The summed E-state index contributed by atoms with van der Waals surface area (Å²) >= 11 is 0. The second kappa shape index (κ2) is 11.3. The van der Waals surface area contributed by atoms with E-state index in [2.05, 4.69) is 189 Å². The third kappa shape index (κ3) is 4.62. The minimum absolute atomic E-state index is 0.124. The Kier molecular flexibility index (Phi) is 6.53. The van der Waals surface area contributed by atoms with Crippen molar-refractivity contribution in [3.05, 3.63) is 181 Å². The minimum atomic E-state index is -0.124. The highest BCUT2D eigenvalue weighted by Crippen LogP contribution is 2.51. The van der Waals surface area contributed by atoms with E-state index >= 15 is 0 Å². The van der Waals surface area contributed by atoms with Gasteiger partial charge in [-0.3, -0.25) is 0 Å². The average molecular weight is 655 g/mol. The standard InChI is InChI=1S/C48H34N2O/c1-48(2)42-21-10-8-20-39(42)40-26-24-35(30-43(40)48)50(45-22-11-9-19-37(45)31-13-4-3-5-14-31)34-17-12-16-33(29-34)47-49-44-28-27-38-36-18-7-6-15-32(36)23-25-41(38)46(44)51-47/h3-30H,1-2H3. The molecule has 0 saturated carbocycles. The van der Waals surface area contributed by atoms with E-state index in [-0.39, 0.29) is 5.41 Å². The number of rotatable bonds is 5. The Bertz CT molecular complexity index is 2790. The second-order valence-corrected chi connectivity index (χ2v) is 14.0. The van der Waals surface area contributed by atoms with Crippen molar-refractivity contribution < 1.29 is 4.42 Å². The number of nitrogens with zero attached hydrogens (tertiary/aromatic N) is 2. The van der Waals surface area contributed by atoms with Crippen LogP contribution in [-0.2, 0) is 5.41 Å². The van der Waals surface area contributed by atoms with E-state index in [9.17, 15) is 0 Å². The van der Waals surface area contributed by atoms with Gasteiger partial charge in [0.1, 0.15) is 5.52 Å². The molecule has 9 aromatic rings. The lowest BCUT2D eigenvalue weighted by Gasteiger charge is -2.30. The van der Waals surface area contributed by atoms with Crippen molar-refractivity contribution in [3.8, 4) is 33.7 Å². The Morgan fingerprint density at radius 3 is 2.10 bits per heavy atom. The summed E-state index contributed by atoms with van der Waals surface area (Å²) in [5.41, 5.74) is 13.3. The van der Waals surface area contributed by atoms with E-state index < -0.39 is 0 Å². The van der Waals surface area contributed by atoms with Crippen LogP contribution in [-0.4, -0.2) is 4.98 Å². The second-order valence-electron chi connectivity index (χ2n) is 14.0. The maximum absolute atomic E-state index is 6.65. The highest BCUT2D eigenvalue weighted by Gasteiger charge is 2.36. The molecule has 0 aliphatic heterocycles. The van der Waals surface area contributed by atoms with Gasteiger partial charge in [-0.2, -0.15) is 0 Å². The molecule has 242 valence electrons. The summed E-state index contributed by atoms with van der Waals surface area (Å²) in [6.45, 7) is 4.67. The minimum Gasteiger partial charge on any atom is -0.435 e. The maximum Gasteiger partial charge on any atom is 0.227 e. The summed E-state index contributed by atoms with van der Waals surface area (Å²) < 4.78 is 6.65. The van der Waals surface area contributed by atoms with Crippen LogP contribution < -0.4 is 4.90 Å². The van der Waals surface area contributed by atoms with Crippen molar-refractivity contribution in [1.29, 1.82) is 0 Å². The first-order valence-corrected chi connectivity index (χ1v) is 17.5. The molecule has 0 spiro atoms. The van der Waals surface area contributed by atoms with Crippen LogP contribution in [0.5, 0.6) is 0 Å². The molecule has 0 atom stereocenters. The molecule has 0 saturated heterocycles. The molecule has 1 aliphatic carbocycles. The molecule has 1 aromatic heterocycles. The third-order valence-corrected chi connectivity index (χ3v) is 10.7. The molecule has 51 heavy (non-hydrogen) atoms. The Balaban J connectivity index is 1.15. The molecular formula is C48H34N2O. The van der Waals surface area contributed by atoms with E-state index in [0.717, 1.165) is 44.7 Å². The lowest BCUT2D eigenvalue weighted by Crippen LogP contribution is -2.17. The molecule has 0 bridgehead atoms. The van der Waals surface area contributed by atoms with E-state index in [1.807, 2.05) is 0 Å². The summed E-state index contributed by atoms with van der Waals surface area (Å²) in [7, 11) is 0. The predicted molar refractivity (Wildman–Crippen MR) is 212 cm³/mol. The zero-order valence-electron chi connectivity index (χ0n) is 28.5. The molecule has 0 fully saturated rings. The van der Waals surface area contributed by atoms with Crippen molar-refractivity contribution >= 4 is 49.7 Å². The summed E-state index contributed by atoms with van der Waals surface area (Å²) in [4.78, 5) is 7.41. The fourth-order valence-corrected chi connectivity index (χ4v) is 8.16. The zero-order valence-corrected chi connectivity index (χ0v) is 28.5. The summed E-state index contributed by atoms with van der Waals surface area (Å²) in [5, 5.41) is 4.67. The first-order chi connectivity index (χ1) is 25.0. The van der Waals surface area contributed by atoms with Crippen LogP contribution in [0.25, 0.3) is 66.4 Å². The molecule has 0 radical (unpaired) electrons. The van der Waals surface area contributed by atoms with Crippen molar-refractivity contribution in [1.82, 2.24) is 4.98 Å². The third-order valence-electron chi connectivity index (χ3n) is 10.7. The largest absolute Gasteiger partial charge is 0.435 e. The highest BCUT2D eigenvalue weighted by atomic mass is 16.3. The van der Waals surface area contributed by atoms with Gasteiger partial charge in [-0.1, -0.05) is 135 Å². The number of hydrogen-bond acceptors (Lipinski definition) is 3.